The standard InChI is InChI=1S/C27H36N4O3S/c1-3-10-24(35)26(33)29-22-19-30(18-21-13-8-5-9-14-21)15-16-31(27(22)34)23(25(32)28-2)17-20-11-6-4-7-12-20/h4-9,11-14,22-24,35H,3,10,15-19H2,1-2H3,(H,28,32)(H,29,33)/t22?,23-,24?/m0/s1. The molecule has 35 heavy (non-hydrogen) atoms. The van der Waals surface area contributed by atoms with Gasteiger partial charge in [0.15, 0.2) is 0 Å². The SMILES string of the molecule is CCCC(S)C(=O)NC1CN(Cc2ccccc2)CCN([C@@H](Cc2ccccc2)C(=O)NC)C1=O. The molecule has 0 spiro atoms. The summed E-state index contributed by atoms with van der Waals surface area (Å²) in [6, 6.07) is 18.3. The number of benzene rings is 2. The minimum Gasteiger partial charge on any atom is -0.357 e. The van der Waals surface area contributed by atoms with Gasteiger partial charge in [-0.25, -0.2) is 0 Å². The number of likely N-dealkylation sites (N-methyl/N-ethyl adjacent to an activating group) is 1. The van der Waals surface area contributed by atoms with Gasteiger partial charge < -0.3 is 15.5 Å². The van der Waals surface area contributed by atoms with Crippen molar-refractivity contribution in [3.8, 4) is 0 Å². The zero-order valence-corrected chi connectivity index (χ0v) is 21.4. The fraction of sp³-hybridized carbons (Fsp3) is 0.444. The number of rotatable bonds is 10. The highest BCUT2D eigenvalue weighted by Crippen LogP contribution is 2.17. The normalized spacial score (nSPS) is 18.4. The Morgan fingerprint density at radius 1 is 1.00 bits per heavy atom. The summed E-state index contributed by atoms with van der Waals surface area (Å²) in [6.07, 6.45) is 1.85. The summed E-state index contributed by atoms with van der Waals surface area (Å²) in [5.41, 5.74) is 2.10. The van der Waals surface area contributed by atoms with Gasteiger partial charge in [0.05, 0.1) is 5.25 Å². The van der Waals surface area contributed by atoms with E-state index in [1.165, 1.54) is 0 Å². The smallest absolute Gasteiger partial charge is 0.247 e. The molecule has 3 atom stereocenters. The second kappa shape index (κ2) is 13.3. The fourth-order valence-corrected chi connectivity index (χ4v) is 4.74. The van der Waals surface area contributed by atoms with Crippen molar-refractivity contribution in [1.29, 1.82) is 0 Å². The molecule has 0 radical (unpaired) electrons. The van der Waals surface area contributed by atoms with Gasteiger partial charge in [-0.1, -0.05) is 74.0 Å². The zero-order valence-electron chi connectivity index (χ0n) is 20.5. The molecule has 2 aromatic carbocycles. The van der Waals surface area contributed by atoms with E-state index in [-0.39, 0.29) is 17.7 Å². The maximum atomic E-state index is 13.8. The number of amides is 3. The molecule has 1 fully saturated rings. The minimum atomic E-state index is -0.761. The predicted octanol–water partition coefficient (Wildman–Crippen LogP) is 2.27. The van der Waals surface area contributed by atoms with E-state index in [2.05, 4.69) is 28.2 Å². The molecule has 3 amide bonds. The van der Waals surface area contributed by atoms with Crippen LogP contribution >= 0.6 is 12.6 Å². The van der Waals surface area contributed by atoms with Crippen molar-refractivity contribution in [2.75, 3.05) is 26.7 Å². The molecule has 188 valence electrons. The first kappa shape index (κ1) is 26.8. The van der Waals surface area contributed by atoms with Crippen LogP contribution < -0.4 is 10.6 Å². The van der Waals surface area contributed by atoms with Crippen LogP contribution in [-0.4, -0.2) is 71.5 Å². The monoisotopic (exact) mass is 496 g/mol. The molecule has 1 aliphatic heterocycles. The van der Waals surface area contributed by atoms with Crippen LogP contribution in [0.3, 0.4) is 0 Å². The van der Waals surface area contributed by atoms with Crippen molar-refractivity contribution in [2.24, 2.45) is 0 Å². The van der Waals surface area contributed by atoms with Crippen LogP contribution in [0.25, 0.3) is 0 Å². The highest BCUT2D eigenvalue weighted by molar-refractivity contribution is 7.81. The first-order chi connectivity index (χ1) is 16.9. The average Bonchev–Trinajstić information content (AvgIpc) is 3.02. The van der Waals surface area contributed by atoms with Crippen LogP contribution in [-0.2, 0) is 27.3 Å². The van der Waals surface area contributed by atoms with Crippen LogP contribution in [0.15, 0.2) is 60.7 Å². The van der Waals surface area contributed by atoms with Gasteiger partial charge in [-0.05, 0) is 17.5 Å². The third-order valence-electron chi connectivity index (χ3n) is 6.31. The van der Waals surface area contributed by atoms with E-state index in [4.69, 9.17) is 0 Å². The summed E-state index contributed by atoms with van der Waals surface area (Å²) in [5.74, 6) is -0.716. The molecular formula is C27H36N4O3S. The van der Waals surface area contributed by atoms with Crippen LogP contribution in [0.2, 0.25) is 0 Å². The first-order valence-electron chi connectivity index (χ1n) is 12.2. The molecule has 7 nitrogen and oxygen atoms in total. The van der Waals surface area contributed by atoms with Crippen LogP contribution in [0.1, 0.15) is 30.9 Å². The van der Waals surface area contributed by atoms with Gasteiger partial charge in [-0.15, -0.1) is 0 Å². The van der Waals surface area contributed by atoms with Crippen LogP contribution in [0, 0.1) is 0 Å². The number of hydrogen-bond acceptors (Lipinski definition) is 5. The largest absolute Gasteiger partial charge is 0.357 e. The average molecular weight is 497 g/mol. The van der Waals surface area contributed by atoms with E-state index in [0.717, 1.165) is 17.5 Å². The predicted molar refractivity (Wildman–Crippen MR) is 141 cm³/mol. The highest BCUT2D eigenvalue weighted by atomic mass is 32.1. The Labute approximate surface area is 213 Å². The van der Waals surface area contributed by atoms with Gasteiger partial charge in [-0.2, -0.15) is 12.6 Å². The van der Waals surface area contributed by atoms with Crippen molar-refractivity contribution >= 4 is 30.4 Å². The van der Waals surface area contributed by atoms with Crippen molar-refractivity contribution in [2.45, 2.75) is 50.1 Å². The number of hydrogen-bond donors (Lipinski definition) is 3. The van der Waals surface area contributed by atoms with Crippen molar-refractivity contribution in [3.63, 3.8) is 0 Å². The lowest BCUT2D eigenvalue weighted by atomic mass is 10.0. The molecule has 0 aliphatic carbocycles. The molecule has 2 N–H and O–H groups in total. The van der Waals surface area contributed by atoms with E-state index in [9.17, 15) is 14.4 Å². The molecular weight excluding hydrogens is 460 g/mol. The summed E-state index contributed by atoms with van der Waals surface area (Å²) in [7, 11) is 1.58. The third kappa shape index (κ3) is 7.57. The van der Waals surface area contributed by atoms with Crippen LogP contribution in [0.5, 0.6) is 0 Å². The Bertz CT molecular complexity index is 973. The van der Waals surface area contributed by atoms with Crippen LogP contribution in [0.4, 0.5) is 0 Å². The summed E-state index contributed by atoms with van der Waals surface area (Å²) >= 11 is 4.43. The Balaban J connectivity index is 1.87. The third-order valence-corrected chi connectivity index (χ3v) is 6.80. The number of nitrogens with zero attached hydrogens (tertiary/aromatic N) is 2. The molecule has 0 saturated carbocycles. The van der Waals surface area contributed by atoms with Gasteiger partial charge in [0.25, 0.3) is 0 Å². The molecule has 3 rings (SSSR count). The molecule has 2 unspecified atom stereocenters. The lowest BCUT2D eigenvalue weighted by Crippen LogP contribution is -2.57. The van der Waals surface area contributed by atoms with Gasteiger partial charge in [0.2, 0.25) is 17.7 Å². The number of carbonyl (C=O) groups is 3. The molecule has 8 heteroatoms. The first-order valence-corrected chi connectivity index (χ1v) is 12.7. The Morgan fingerprint density at radius 3 is 2.23 bits per heavy atom. The van der Waals surface area contributed by atoms with Gasteiger partial charge in [0, 0.05) is 39.6 Å². The highest BCUT2D eigenvalue weighted by Gasteiger charge is 2.38. The second-order valence-electron chi connectivity index (χ2n) is 8.94. The maximum Gasteiger partial charge on any atom is 0.247 e. The zero-order chi connectivity index (χ0) is 25.2. The topological polar surface area (TPSA) is 81.8 Å². The van der Waals surface area contributed by atoms with Crippen molar-refractivity contribution in [1.82, 2.24) is 20.4 Å². The van der Waals surface area contributed by atoms with Gasteiger partial charge in [0.1, 0.15) is 12.1 Å². The molecule has 0 bridgehead atoms. The quantitative estimate of drug-likeness (QED) is 0.441. The second-order valence-corrected chi connectivity index (χ2v) is 9.56. The number of carbonyl (C=O) groups excluding carboxylic acids is 3. The number of thiol groups is 1. The molecule has 2 aromatic rings. The van der Waals surface area contributed by atoms with Gasteiger partial charge in [-0.3, -0.25) is 19.3 Å². The Kier molecular flexibility index (Phi) is 10.2. The Hall–Kier alpha value is -2.84. The van der Waals surface area contributed by atoms with E-state index < -0.39 is 17.3 Å². The minimum absolute atomic E-state index is 0.221. The molecule has 1 saturated heterocycles. The number of nitrogens with one attached hydrogen (secondary N) is 2. The van der Waals surface area contributed by atoms with Crippen molar-refractivity contribution < 1.29 is 14.4 Å². The lowest BCUT2D eigenvalue weighted by molar-refractivity contribution is -0.142. The van der Waals surface area contributed by atoms with Gasteiger partial charge >= 0.3 is 0 Å². The summed E-state index contributed by atoms with van der Waals surface area (Å²) in [6.45, 7) is 4.00. The molecule has 1 aliphatic rings. The van der Waals surface area contributed by atoms with Crippen molar-refractivity contribution in [3.05, 3.63) is 71.8 Å². The van der Waals surface area contributed by atoms with E-state index in [1.807, 2.05) is 67.6 Å². The molecule has 1 heterocycles. The van der Waals surface area contributed by atoms with E-state index in [0.29, 0.717) is 39.0 Å². The summed E-state index contributed by atoms with van der Waals surface area (Å²) in [4.78, 5) is 43.4. The lowest BCUT2D eigenvalue weighted by Gasteiger charge is -2.31. The fourth-order valence-electron chi connectivity index (χ4n) is 4.41. The Morgan fingerprint density at radius 2 is 1.63 bits per heavy atom. The summed E-state index contributed by atoms with van der Waals surface area (Å²) in [5, 5.41) is 5.17. The maximum absolute atomic E-state index is 13.8. The van der Waals surface area contributed by atoms with E-state index >= 15 is 0 Å². The summed E-state index contributed by atoms with van der Waals surface area (Å²) < 4.78 is 0. The molecule has 0 aromatic heterocycles. The van der Waals surface area contributed by atoms with E-state index in [1.54, 1.807) is 11.9 Å².